The molecule has 4 aromatic rings. The minimum Gasteiger partial charge on any atom is -0.484 e. The fourth-order valence-electron chi connectivity index (χ4n) is 5.41. The van der Waals surface area contributed by atoms with Gasteiger partial charge in [-0.2, -0.15) is 0 Å². The van der Waals surface area contributed by atoms with Gasteiger partial charge in [-0.3, -0.25) is 19.2 Å². The molecule has 0 spiro atoms. The predicted octanol–water partition coefficient (Wildman–Crippen LogP) is 4.00. The Morgan fingerprint density at radius 1 is 0.857 bits per heavy atom. The van der Waals surface area contributed by atoms with Crippen molar-refractivity contribution in [2.24, 2.45) is 0 Å². The summed E-state index contributed by atoms with van der Waals surface area (Å²) < 4.78 is 33.0. The van der Waals surface area contributed by atoms with Gasteiger partial charge >= 0.3 is 5.97 Å². The lowest BCUT2D eigenvalue weighted by Gasteiger charge is -2.50. The van der Waals surface area contributed by atoms with Crippen molar-refractivity contribution in [3.05, 3.63) is 137 Å². The summed E-state index contributed by atoms with van der Waals surface area (Å²) >= 11 is 1.21. The SMILES string of the molecule is C[C@H](NC(=O)[C@H](NC(=O)COc1ccc([C@]2(c3ccc(F)cc3)NC(=O)[C@@H]2SCC(O)c2ccc(F)cc2)cc1)c1ccccc1)C(=O)O. The molecule has 1 aliphatic rings. The second-order valence-corrected chi connectivity index (χ2v) is 12.5. The van der Waals surface area contributed by atoms with E-state index in [0.717, 1.165) is 0 Å². The zero-order valence-corrected chi connectivity index (χ0v) is 27.0. The maximum absolute atomic E-state index is 13.9. The maximum atomic E-state index is 13.9. The number of aliphatic hydroxyl groups excluding tert-OH is 1. The number of aliphatic hydroxyl groups is 1. The van der Waals surface area contributed by atoms with Gasteiger partial charge in [-0.05, 0) is 65.6 Å². The fraction of sp³-hybridized carbons (Fsp3) is 0.222. The summed E-state index contributed by atoms with van der Waals surface area (Å²) in [6, 6.07) is 23.8. The molecule has 1 aliphatic heterocycles. The maximum Gasteiger partial charge on any atom is 0.325 e. The molecule has 4 aromatic carbocycles. The van der Waals surface area contributed by atoms with Gasteiger partial charge in [0.2, 0.25) is 11.8 Å². The lowest BCUT2D eigenvalue weighted by molar-refractivity contribution is -0.141. The number of nitrogens with one attached hydrogen (secondary N) is 3. The van der Waals surface area contributed by atoms with Crippen molar-refractivity contribution >= 4 is 35.5 Å². The number of β-lactam (4-membered cyclic amide) rings is 1. The van der Waals surface area contributed by atoms with Crippen LogP contribution in [0.1, 0.15) is 41.3 Å². The lowest BCUT2D eigenvalue weighted by Crippen LogP contribution is -2.69. The number of hydrogen-bond acceptors (Lipinski definition) is 7. The average molecular weight is 690 g/mol. The molecule has 3 amide bonds. The van der Waals surface area contributed by atoms with Gasteiger partial charge in [-0.1, -0.05) is 66.7 Å². The Bertz CT molecular complexity index is 1790. The van der Waals surface area contributed by atoms with Crippen LogP contribution in [0.25, 0.3) is 0 Å². The highest BCUT2D eigenvalue weighted by Gasteiger charge is 2.56. The Hall–Kier alpha value is -5.27. The number of hydrogen-bond donors (Lipinski definition) is 5. The number of carboxylic acids is 1. The summed E-state index contributed by atoms with van der Waals surface area (Å²) in [7, 11) is 0. The van der Waals surface area contributed by atoms with Crippen molar-refractivity contribution in [3.63, 3.8) is 0 Å². The molecule has 0 aromatic heterocycles. The van der Waals surface area contributed by atoms with E-state index in [2.05, 4.69) is 16.0 Å². The van der Waals surface area contributed by atoms with E-state index in [-0.39, 0.29) is 11.7 Å². The number of benzene rings is 4. The van der Waals surface area contributed by atoms with Gasteiger partial charge in [0.15, 0.2) is 6.61 Å². The van der Waals surface area contributed by atoms with Crippen molar-refractivity contribution in [1.29, 1.82) is 0 Å². The molecule has 49 heavy (non-hydrogen) atoms. The molecule has 5 atom stereocenters. The monoisotopic (exact) mass is 689 g/mol. The number of amides is 3. The van der Waals surface area contributed by atoms with Crippen molar-refractivity contribution < 1.29 is 42.9 Å². The van der Waals surface area contributed by atoms with E-state index >= 15 is 0 Å². The average Bonchev–Trinajstić information content (AvgIpc) is 3.09. The topological polar surface area (TPSA) is 154 Å². The number of thioether (sulfide) groups is 1. The molecule has 1 heterocycles. The second-order valence-electron chi connectivity index (χ2n) is 11.4. The van der Waals surface area contributed by atoms with Crippen molar-refractivity contribution in [2.75, 3.05) is 12.4 Å². The van der Waals surface area contributed by atoms with E-state index in [1.807, 2.05) is 0 Å². The molecule has 5 N–H and O–H groups in total. The summed E-state index contributed by atoms with van der Waals surface area (Å²) in [5.74, 6) is -3.31. The molecule has 1 fully saturated rings. The Kier molecular flexibility index (Phi) is 10.9. The van der Waals surface area contributed by atoms with Crippen molar-refractivity contribution in [3.8, 4) is 5.75 Å². The van der Waals surface area contributed by atoms with Crippen molar-refractivity contribution in [2.45, 2.75) is 35.9 Å². The molecule has 13 heteroatoms. The van der Waals surface area contributed by atoms with Crippen LogP contribution in [0.15, 0.2) is 103 Å². The first kappa shape index (κ1) is 35.0. The normalized spacial score (nSPS) is 18.6. The van der Waals surface area contributed by atoms with Gasteiger partial charge in [-0.25, -0.2) is 8.78 Å². The predicted molar refractivity (Wildman–Crippen MR) is 177 cm³/mol. The Labute approximate surface area is 284 Å². The van der Waals surface area contributed by atoms with Gasteiger partial charge in [0.05, 0.1) is 6.10 Å². The molecular formula is C36H33F2N3O7S. The summed E-state index contributed by atoms with van der Waals surface area (Å²) in [5, 5.41) is 27.1. The minimum absolute atomic E-state index is 0.125. The van der Waals surface area contributed by atoms with E-state index in [4.69, 9.17) is 4.74 Å². The number of carboxylic acid groups (broad SMARTS) is 1. The lowest BCUT2D eigenvalue weighted by atomic mass is 9.74. The smallest absolute Gasteiger partial charge is 0.325 e. The number of ether oxygens (including phenoxy) is 1. The van der Waals surface area contributed by atoms with Gasteiger partial charge in [0, 0.05) is 5.75 Å². The molecule has 0 radical (unpaired) electrons. The van der Waals surface area contributed by atoms with Crippen LogP contribution in [-0.4, -0.2) is 57.6 Å². The summed E-state index contributed by atoms with van der Waals surface area (Å²) in [6.07, 6.45) is -0.972. The third-order valence-electron chi connectivity index (χ3n) is 8.04. The molecule has 0 aliphatic carbocycles. The first-order valence-electron chi connectivity index (χ1n) is 15.2. The number of carbonyl (C=O) groups excluding carboxylic acids is 3. The van der Waals surface area contributed by atoms with Gasteiger partial charge < -0.3 is 30.9 Å². The Morgan fingerprint density at radius 2 is 1.43 bits per heavy atom. The van der Waals surface area contributed by atoms with Gasteiger partial charge in [0.25, 0.3) is 5.91 Å². The van der Waals surface area contributed by atoms with Crippen LogP contribution in [0.5, 0.6) is 5.75 Å². The summed E-state index contributed by atoms with van der Waals surface area (Å²) in [5.41, 5.74) is 1.10. The van der Waals surface area contributed by atoms with E-state index in [9.17, 15) is 38.2 Å². The van der Waals surface area contributed by atoms with Crippen LogP contribution in [-0.2, 0) is 24.7 Å². The van der Waals surface area contributed by atoms with E-state index in [1.165, 1.54) is 55.1 Å². The zero-order chi connectivity index (χ0) is 35.1. The van der Waals surface area contributed by atoms with Crippen LogP contribution < -0.4 is 20.7 Å². The first-order valence-corrected chi connectivity index (χ1v) is 16.3. The van der Waals surface area contributed by atoms with Crippen LogP contribution in [0, 0.1) is 11.6 Å². The fourth-order valence-corrected chi connectivity index (χ4v) is 6.77. The third kappa shape index (κ3) is 8.07. The highest BCUT2D eigenvalue weighted by Crippen LogP contribution is 2.46. The van der Waals surface area contributed by atoms with Crippen LogP contribution in [0.3, 0.4) is 0 Å². The summed E-state index contributed by atoms with van der Waals surface area (Å²) in [4.78, 5) is 50.0. The van der Waals surface area contributed by atoms with Gasteiger partial charge in [0.1, 0.15) is 40.3 Å². The van der Waals surface area contributed by atoms with E-state index < -0.39 is 65.0 Å². The molecule has 0 saturated carbocycles. The Morgan fingerprint density at radius 3 is 2.00 bits per heavy atom. The highest BCUT2D eigenvalue weighted by atomic mass is 32.2. The second kappa shape index (κ2) is 15.3. The molecule has 0 bridgehead atoms. The van der Waals surface area contributed by atoms with Crippen LogP contribution in [0.2, 0.25) is 0 Å². The third-order valence-corrected chi connectivity index (χ3v) is 9.45. The minimum atomic E-state index is -1.23. The number of halogens is 2. The van der Waals surface area contributed by atoms with Crippen molar-refractivity contribution in [1.82, 2.24) is 16.0 Å². The number of carbonyl (C=O) groups is 4. The molecule has 1 saturated heterocycles. The number of rotatable bonds is 14. The molecular weight excluding hydrogens is 656 g/mol. The standard InChI is InChI=1S/C36H33F2N3O7S/c1-21(35(46)47)39-33(44)31(23-5-3-2-4-6-23)40-30(43)19-48-28-17-11-25(12-18-28)36(24-9-15-27(38)16-10-24)32(34(45)41-36)49-20-29(42)22-7-13-26(37)14-8-22/h2-18,21,29,31-32,42H,19-20H2,1H3,(H,39,44)(H,40,43)(H,41,45)(H,46,47)/t21-,29?,31+,32-,36-/m0/s1. The number of aliphatic carboxylic acids is 1. The zero-order valence-electron chi connectivity index (χ0n) is 26.1. The highest BCUT2D eigenvalue weighted by molar-refractivity contribution is 8.00. The summed E-state index contributed by atoms with van der Waals surface area (Å²) in [6.45, 7) is 0.842. The molecule has 10 nitrogen and oxygen atoms in total. The molecule has 254 valence electrons. The largest absolute Gasteiger partial charge is 0.484 e. The van der Waals surface area contributed by atoms with E-state index in [0.29, 0.717) is 28.0 Å². The molecule has 1 unspecified atom stereocenters. The first-order chi connectivity index (χ1) is 23.5. The quantitative estimate of drug-likeness (QED) is 0.125. The Balaban J connectivity index is 1.29. The van der Waals surface area contributed by atoms with Crippen LogP contribution in [0.4, 0.5) is 8.78 Å². The van der Waals surface area contributed by atoms with E-state index in [1.54, 1.807) is 66.7 Å². The molecule has 5 rings (SSSR count). The van der Waals surface area contributed by atoms with Crippen LogP contribution >= 0.6 is 11.8 Å². The van der Waals surface area contributed by atoms with Gasteiger partial charge in [-0.15, -0.1) is 11.8 Å².